The first kappa shape index (κ1) is 53.1. The van der Waals surface area contributed by atoms with Gasteiger partial charge >= 0.3 is 0 Å². The van der Waals surface area contributed by atoms with Crippen LogP contribution >= 0.6 is 0 Å². The van der Waals surface area contributed by atoms with Gasteiger partial charge in [0.1, 0.15) is 48.3 Å². The van der Waals surface area contributed by atoms with Gasteiger partial charge in [0.2, 0.25) is 47.3 Å². The summed E-state index contributed by atoms with van der Waals surface area (Å²) in [5.74, 6) is -4.81. The molecule has 3 aliphatic heterocycles. The van der Waals surface area contributed by atoms with Crippen LogP contribution in [0.25, 0.3) is 0 Å². The fraction of sp³-hybridized carbons (Fsp3) is 0.600. The summed E-state index contributed by atoms with van der Waals surface area (Å²) < 4.78 is 0. The Bertz CT molecular complexity index is 1890. The highest BCUT2D eigenvalue weighted by molar-refractivity contribution is 5.99. The van der Waals surface area contributed by atoms with Gasteiger partial charge in [-0.3, -0.25) is 38.4 Å². The fourth-order valence-electron chi connectivity index (χ4n) is 9.32. The van der Waals surface area contributed by atoms with Gasteiger partial charge in [0, 0.05) is 25.9 Å². The Morgan fingerprint density at radius 1 is 0.471 bits per heavy atom. The summed E-state index contributed by atoms with van der Waals surface area (Å²) in [4.78, 5) is 118. The van der Waals surface area contributed by atoms with E-state index in [1.54, 1.807) is 0 Å². The van der Waals surface area contributed by atoms with E-state index in [0.29, 0.717) is 38.5 Å². The third-order valence-electron chi connectivity index (χ3n) is 12.8. The summed E-state index contributed by atoms with van der Waals surface area (Å²) in [5, 5.41) is 17.3. The van der Waals surface area contributed by atoms with Crippen LogP contribution in [0.2, 0.25) is 0 Å². The van der Waals surface area contributed by atoms with Crippen LogP contribution in [0.4, 0.5) is 0 Å². The first-order valence-corrected chi connectivity index (χ1v) is 24.5. The molecule has 0 bridgehead atoms. The van der Waals surface area contributed by atoms with E-state index < -0.39 is 95.6 Å². The van der Waals surface area contributed by atoms with E-state index in [2.05, 4.69) is 31.9 Å². The zero-order valence-electron chi connectivity index (χ0n) is 40.2. The second-order valence-electron chi connectivity index (χ2n) is 19.2. The molecule has 3 saturated heterocycles. The normalized spacial score (nSPS) is 26.3. The van der Waals surface area contributed by atoms with E-state index in [9.17, 15) is 38.4 Å². The molecule has 3 fully saturated rings. The van der Waals surface area contributed by atoms with Crippen LogP contribution in [0.15, 0.2) is 60.7 Å². The Kier molecular flexibility index (Phi) is 20.3. The van der Waals surface area contributed by atoms with E-state index in [0.717, 1.165) is 11.1 Å². The summed E-state index contributed by atoms with van der Waals surface area (Å²) >= 11 is 0. The van der Waals surface area contributed by atoms with Crippen molar-refractivity contribution >= 4 is 47.3 Å². The molecule has 0 saturated carbocycles. The molecular formula is C50H74N10O8. The summed E-state index contributed by atoms with van der Waals surface area (Å²) in [7, 11) is 0. The van der Waals surface area contributed by atoms with E-state index in [-0.39, 0.29) is 76.5 Å². The van der Waals surface area contributed by atoms with Crippen LogP contribution in [0, 0.1) is 11.8 Å². The molecule has 2 aromatic rings. The molecule has 372 valence electrons. The number of carbonyl (C=O) groups excluding carboxylic acids is 8. The lowest BCUT2D eigenvalue weighted by Crippen LogP contribution is -2.61. The van der Waals surface area contributed by atoms with Crippen molar-refractivity contribution in [1.29, 1.82) is 0 Å². The molecule has 0 spiro atoms. The second-order valence-corrected chi connectivity index (χ2v) is 19.2. The highest BCUT2D eigenvalue weighted by Crippen LogP contribution is 2.23. The van der Waals surface area contributed by atoms with Gasteiger partial charge in [-0.25, -0.2) is 0 Å². The third-order valence-corrected chi connectivity index (χ3v) is 12.8. The Balaban J connectivity index is 1.57. The molecule has 5 rings (SSSR count). The molecule has 10 N–H and O–H groups in total. The van der Waals surface area contributed by atoms with Gasteiger partial charge in [-0.05, 0) is 100 Å². The monoisotopic (exact) mass is 943 g/mol. The Morgan fingerprint density at radius 2 is 0.794 bits per heavy atom. The number of nitrogens with zero attached hydrogens (tertiary/aromatic N) is 2. The summed E-state index contributed by atoms with van der Waals surface area (Å²) in [6.45, 7) is 8.43. The number of nitrogens with one attached hydrogen (secondary N) is 6. The first-order chi connectivity index (χ1) is 32.6. The third kappa shape index (κ3) is 15.1. The molecule has 68 heavy (non-hydrogen) atoms. The minimum Gasteiger partial charge on any atom is -0.343 e. The van der Waals surface area contributed by atoms with E-state index in [1.165, 1.54) is 9.80 Å². The van der Waals surface area contributed by atoms with E-state index >= 15 is 0 Å². The number of nitrogens with two attached hydrogens (primary N) is 2. The molecule has 3 heterocycles. The van der Waals surface area contributed by atoms with Crippen molar-refractivity contribution in [3.8, 4) is 0 Å². The summed E-state index contributed by atoms with van der Waals surface area (Å²) in [6, 6.07) is 9.48. The maximum Gasteiger partial charge on any atom is 0.246 e. The topological polar surface area (TPSA) is 267 Å². The molecule has 18 heteroatoms. The van der Waals surface area contributed by atoms with E-state index in [1.807, 2.05) is 88.4 Å². The predicted octanol–water partition coefficient (Wildman–Crippen LogP) is 0.946. The molecular weight excluding hydrogens is 869 g/mol. The van der Waals surface area contributed by atoms with Crippen molar-refractivity contribution in [2.24, 2.45) is 23.3 Å². The van der Waals surface area contributed by atoms with Crippen LogP contribution in [0.5, 0.6) is 0 Å². The number of fused-ring (bicyclic) bond motifs is 2. The second kappa shape index (κ2) is 26.0. The quantitative estimate of drug-likeness (QED) is 0.133. The molecule has 0 aliphatic carbocycles. The van der Waals surface area contributed by atoms with Gasteiger partial charge in [-0.15, -0.1) is 0 Å². The number of hydrogen-bond acceptors (Lipinski definition) is 10. The Morgan fingerprint density at radius 3 is 1.13 bits per heavy atom. The summed E-state index contributed by atoms with van der Waals surface area (Å²) in [6.07, 6.45) is 3.10. The van der Waals surface area contributed by atoms with Gasteiger partial charge in [-0.2, -0.15) is 0 Å². The highest BCUT2D eigenvalue weighted by atomic mass is 16.2. The maximum atomic E-state index is 14.7. The lowest BCUT2D eigenvalue weighted by molar-refractivity contribution is -0.143. The molecule has 8 atom stereocenters. The SMILES string of the molecule is CC(C)C[C@@H]1NC(=O)[C@H](CCCN)NC(=O)[C@@H]2CCCN2C(=O)[C@@H](Cc2ccccc2)NC(=O)[C@H](CC(C)C)NC(=O)[C@H](CCCN)NC(=O)[C@@H]2CCCN2C(=O)[C@@H](Cc2ccccc2)NC1=O. The minimum atomic E-state index is -1.15. The number of carbonyl (C=O) groups is 8. The lowest BCUT2D eigenvalue weighted by atomic mass is 9.99. The van der Waals surface area contributed by atoms with Crippen LogP contribution in [-0.4, -0.2) is 132 Å². The zero-order valence-corrected chi connectivity index (χ0v) is 40.2. The molecule has 0 aromatic heterocycles. The Hall–Kier alpha value is -5.88. The van der Waals surface area contributed by atoms with Crippen LogP contribution in [0.3, 0.4) is 0 Å². The van der Waals surface area contributed by atoms with Gasteiger partial charge in [-0.1, -0.05) is 88.4 Å². The smallest absolute Gasteiger partial charge is 0.246 e. The predicted molar refractivity (Wildman–Crippen MR) is 257 cm³/mol. The molecule has 18 nitrogen and oxygen atoms in total. The average molecular weight is 943 g/mol. The van der Waals surface area contributed by atoms with Gasteiger partial charge < -0.3 is 53.2 Å². The van der Waals surface area contributed by atoms with Crippen molar-refractivity contribution in [1.82, 2.24) is 41.7 Å². The average Bonchev–Trinajstić information content (AvgIpc) is 4.02. The van der Waals surface area contributed by atoms with Gasteiger partial charge in [0.15, 0.2) is 0 Å². The fourth-order valence-corrected chi connectivity index (χ4v) is 9.32. The van der Waals surface area contributed by atoms with Crippen molar-refractivity contribution in [3.63, 3.8) is 0 Å². The number of hydrogen-bond donors (Lipinski definition) is 8. The molecule has 8 amide bonds. The van der Waals surface area contributed by atoms with Crippen molar-refractivity contribution in [2.75, 3.05) is 26.2 Å². The number of amides is 8. The first-order valence-electron chi connectivity index (χ1n) is 24.5. The molecule has 2 aromatic carbocycles. The Labute approximate surface area is 400 Å². The molecule has 0 radical (unpaired) electrons. The molecule has 3 aliphatic rings. The summed E-state index contributed by atoms with van der Waals surface area (Å²) in [5.41, 5.74) is 13.3. The number of benzene rings is 2. The van der Waals surface area contributed by atoms with E-state index in [4.69, 9.17) is 11.5 Å². The van der Waals surface area contributed by atoms with Crippen LogP contribution in [0.1, 0.15) is 103 Å². The highest BCUT2D eigenvalue weighted by Gasteiger charge is 2.42. The molecule has 0 unspecified atom stereocenters. The van der Waals surface area contributed by atoms with Crippen molar-refractivity contribution < 1.29 is 38.4 Å². The minimum absolute atomic E-state index is 0.0808. The standard InChI is InChI=1S/C50H74N10O8/c1-31(2)27-37-45(63)57-39(29-33-15-7-5-8-16-33)49(67)59-25-13-22-42(59)48(66)54-36(20-12-24-52)44(62)56-38(28-32(3)4)46(64)58-40(30-34-17-9-6-10-18-34)50(68)60-26-14-21-41(60)47(65)53-35(19-11-23-51)43(61)55-37/h5-10,15-18,31-32,35-42H,11-14,19-30,51-52H2,1-4H3,(H,53,65)(H,54,66)(H,55,61)(H,56,62)(H,57,63)(H,58,64)/t35-,36-,37-,38-,39+,40+,41-,42-/m0/s1. The number of rotatable bonds is 14. The van der Waals surface area contributed by atoms with Gasteiger partial charge in [0.05, 0.1) is 0 Å². The largest absolute Gasteiger partial charge is 0.343 e. The van der Waals surface area contributed by atoms with Crippen molar-refractivity contribution in [3.05, 3.63) is 71.8 Å². The zero-order chi connectivity index (χ0) is 49.3. The van der Waals surface area contributed by atoms with Crippen LogP contribution in [-0.2, 0) is 51.2 Å². The lowest BCUT2D eigenvalue weighted by Gasteiger charge is -2.32. The van der Waals surface area contributed by atoms with Crippen LogP contribution < -0.4 is 43.4 Å². The maximum absolute atomic E-state index is 14.7. The van der Waals surface area contributed by atoms with Crippen molar-refractivity contribution in [2.45, 2.75) is 153 Å². The van der Waals surface area contributed by atoms with Gasteiger partial charge in [0.25, 0.3) is 0 Å².